The van der Waals surface area contributed by atoms with Gasteiger partial charge in [0.1, 0.15) is 11.4 Å². The normalized spacial score (nSPS) is 15.0. The summed E-state index contributed by atoms with van der Waals surface area (Å²) >= 11 is 5.87. The Hall–Kier alpha value is -2.65. The van der Waals surface area contributed by atoms with Crippen LogP contribution in [0.1, 0.15) is 16.7 Å². The molecule has 1 aliphatic rings. The van der Waals surface area contributed by atoms with Gasteiger partial charge in [-0.1, -0.05) is 11.6 Å². The molecular weight excluding hydrogens is 397 g/mol. The van der Waals surface area contributed by atoms with Crippen LogP contribution in [0.25, 0.3) is 5.70 Å². The summed E-state index contributed by atoms with van der Waals surface area (Å²) in [6.07, 6.45) is -1.35. The molecule has 1 aromatic heterocycles. The van der Waals surface area contributed by atoms with Gasteiger partial charge < -0.3 is 9.84 Å². The van der Waals surface area contributed by atoms with E-state index in [2.05, 4.69) is 10.5 Å². The lowest BCUT2D eigenvalue weighted by molar-refractivity contribution is -0.137. The molecule has 150 valence electrons. The van der Waals surface area contributed by atoms with E-state index in [9.17, 15) is 18.3 Å². The first-order valence-electron chi connectivity index (χ1n) is 8.21. The van der Waals surface area contributed by atoms with Gasteiger partial charge in [-0.15, -0.1) is 0 Å². The number of aromatic nitrogens is 2. The average Bonchev–Trinajstić information content (AvgIpc) is 3.02. The number of anilines is 1. The van der Waals surface area contributed by atoms with Crippen LogP contribution in [-0.4, -0.2) is 28.6 Å². The first-order valence-corrected chi connectivity index (χ1v) is 8.58. The molecule has 0 spiro atoms. The first-order chi connectivity index (χ1) is 13.1. The Morgan fingerprint density at radius 3 is 2.39 bits per heavy atom. The Labute approximate surface area is 164 Å². The molecule has 0 bridgehead atoms. The first kappa shape index (κ1) is 20.1. The van der Waals surface area contributed by atoms with Crippen LogP contribution in [0.2, 0.25) is 5.15 Å². The molecule has 2 N–H and O–H groups in total. The number of benzene rings is 1. The number of rotatable bonds is 4. The number of hydrazine groups is 1. The molecule has 6 nitrogen and oxygen atoms in total. The van der Waals surface area contributed by atoms with E-state index in [0.29, 0.717) is 22.5 Å². The van der Waals surface area contributed by atoms with E-state index >= 15 is 0 Å². The van der Waals surface area contributed by atoms with Crippen molar-refractivity contribution in [2.45, 2.75) is 20.0 Å². The maximum Gasteiger partial charge on any atom is 0.416 e. The van der Waals surface area contributed by atoms with Gasteiger partial charge in [0, 0.05) is 13.3 Å². The van der Waals surface area contributed by atoms with Crippen molar-refractivity contribution in [3.8, 4) is 0 Å². The molecule has 0 unspecified atom stereocenters. The van der Waals surface area contributed by atoms with Crippen molar-refractivity contribution in [2.75, 3.05) is 18.7 Å². The summed E-state index contributed by atoms with van der Waals surface area (Å²) < 4.78 is 45.8. The highest BCUT2D eigenvalue weighted by molar-refractivity contribution is 6.29. The second-order valence-electron chi connectivity index (χ2n) is 6.30. The van der Waals surface area contributed by atoms with Crippen molar-refractivity contribution < 1.29 is 23.0 Å². The largest absolute Gasteiger partial charge is 0.504 e. The number of hydrogen-bond donors (Lipinski definition) is 2. The summed E-state index contributed by atoms with van der Waals surface area (Å²) in [5.41, 5.74) is 4.20. The van der Waals surface area contributed by atoms with Gasteiger partial charge in [-0.25, -0.2) is 4.68 Å². The second-order valence-corrected chi connectivity index (χ2v) is 6.68. The molecule has 0 saturated carbocycles. The number of alkyl halides is 3. The van der Waals surface area contributed by atoms with Gasteiger partial charge in [-0.05, 0) is 43.2 Å². The number of aliphatic hydroxyl groups excluding tert-OH is 1. The van der Waals surface area contributed by atoms with Crippen LogP contribution in [0.3, 0.4) is 0 Å². The number of halogens is 4. The zero-order chi connectivity index (χ0) is 20.6. The monoisotopic (exact) mass is 414 g/mol. The van der Waals surface area contributed by atoms with Crippen molar-refractivity contribution in [1.29, 1.82) is 0 Å². The zero-order valence-electron chi connectivity index (χ0n) is 15.3. The van der Waals surface area contributed by atoms with E-state index in [1.54, 1.807) is 26.1 Å². The van der Waals surface area contributed by atoms with Crippen molar-refractivity contribution in [3.63, 3.8) is 0 Å². The molecule has 3 rings (SSSR count). The average molecular weight is 415 g/mol. The Balaban J connectivity index is 2.11. The molecular formula is C18H18ClF3N4O2. The van der Waals surface area contributed by atoms with Crippen LogP contribution in [0.4, 0.5) is 18.9 Å². The molecule has 0 aliphatic carbocycles. The Morgan fingerprint density at radius 1 is 1.25 bits per heavy atom. The lowest BCUT2D eigenvalue weighted by Crippen LogP contribution is -2.40. The van der Waals surface area contributed by atoms with Crippen LogP contribution in [0.15, 0.2) is 42.1 Å². The molecule has 10 heteroatoms. The maximum absolute atomic E-state index is 13.1. The van der Waals surface area contributed by atoms with Crippen LogP contribution < -0.4 is 10.4 Å². The Morgan fingerprint density at radius 2 is 1.89 bits per heavy atom. The SMILES string of the molecule is COCC1=C(O)C(n2ccc(Cl)n2)=CN(c2c(C)cc(C(F)(F)F)cc2C)N1. The van der Waals surface area contributed by atoms with Gasteiger partial charge in [0.05, 0.1) is 24.1 Å². The van der Waals surface area contributed by atoms with Crippen molar-refractivity contribution in [1.82, 2.24) is 15.2 Å². The lowest BCUT2D eigenvalue weighted by Gasteiger charge is -2.32. The quantitative estimate of drug-likeness (QED) is 0.776. The number of aliphatic hydroxyl groups is 1. The molecule has 0 radical (unpaired) electrons. The molecule has 28 heavy (non-hydrogen) atoms. The van der Waals surface area contributed by atoms with E-state index in [1.807, 2.05) is 0 Å². The third-order valence-corrected chi connectivity index (χ3v) is 4.39. The van der Waals surface area contributed by atoms with Crippen molar-refractivity contribution >= 4 is 23.0 Å². The van der Waals surface area contributed by atoms with Crippen LogP contribution in [0.5, 0.6) is 0 Å². The van der Waals surface area contributed by atoms with Gasteiger partial charge in [-0.3, -0.25) is 10.4 Å². The summed E-state index contributed by atoms with van der Waals surface area (Å²) in [7, 11) is 1.46. The lowest BCUT2D eigenvalue weighted by atomic mass is 10.0. The number of allylic oxidation sites excluding steroid dienone is 1. The van der Waals surface area contributed by atoms with Gasteiger partial charge in [0.25, 0.3) is 0 Å². The fourth-order valence-corrected chi connectivity index (χ4v) is 3.17. The predicted molar refractivity (Wildman–Crippen MR) is 99.6 cm³/mol. The third kappa shape index (κ3) is 3.81. The van der Waals surface area contributed by atoms with E-state index in [0.717, 1.165) is 12.1 Å². The molecule has 2 aromatic rings. The third-order valence-electron chi connectivity index (χ3n) is 4.19. The number of nitrogens with one attached hydrogen (secondary N) is 1. The van der Waals surface area contributed by atoms with Crippen molar-refractivity contribution in [3.05, 3.63) is 63.9 Å². The van der Waals surface area contributed by atoms with Crippen LogP contribution >= 0.6 is 11.6 Å². The van der Waals surface area contributed by atoms with Crippen LogP contribution in [-0.2, 0) is 10.9 Å². The van der Waals surface area contributed by atoms with Gasteiger partial charge >= 0.3 is 6.18 Å². The van der Waals surface area contributed by atoms with Gasteiger partial charge in [0.15, 0.2) is 10.9 Å². The van der Waals surface area contributed by atoms with Crippen molar-refractivity contribution in [2.24, 2.45) is 0 Å². The summed E-state index contributed by atoms with van der Waals surface area (Å²) in [6.45, 7) is 3.23. The topological polar surface area (TPSA) is 62.6 Å². The summed E-state index contributed by atoms with van der Waals surface area (Å²) in [4.78, 5) is 0. The van der Waals surface area contributed by atoms with Gasteiger partial charge in [-0.2, -0.15) is 18.3 Å². The number of ether oxygens (including phenoxy) is 1. The minimum absolute atomic E-state index is 0.0490. The fourth-order valence-electron chi connectivity index (χ4n) is 3.04. The summed E-state index contributed by atoms with van der Waals surface area (Å²) in [5, 5.41) is 16.4. The molecule has 0 fully saturated rings. The number of nitrogens with zero attached hydrogens (tertiary/aromatic N) is 3. The summed E-state index contributed by atoms with van der Waals surface area (Å²) in [5.74, 6) is -0.111. The maximum atomic E-state index is 13.1. The fraction of sp³-hybridized carbons (Fsp3) is 0.278. The molecule has 2 heterocycles. The molecule has 0 atom stereocenters. The highest BCUT2D eigenvalue weighted by Gasteiger charge is 2.32. The second kappa shape index (κ2) is 7.40. The predicted octanol–water partition coefficient (Wildman–Crippen LogP) is 4.41. The number of methoxy groups -OCH3 is 1. The smallest absolute Gasteiger partial charge is 0.416 e. The highest BCUT2D eigenvalue weighted by Crippen LogP contribution is 2.36. The number of aryl methyl sites for hydroxylation is 2. The Kier molecular flexibility index (Phi) is 5.31. The highest BCUT2D eigenvalue weighted by atomic mass is 35.5. The molecule has 0 amide bonds. The van der Waals surface area contributed by atoms with E-state index in [-0.39, 0.29) is 23.2 Å². The van der Waals surface area contributed by atoms with Gasteiger partial charge in [0.2, 0.25) is 0 Å². The van der Waals surface area contributed by atoms with E-state index in [4.69, 9.17) is 16.3 Å². The zero-order valence-corrected chi connectivity index (χ0v) is 16.1. The minimum atomic E-state index is -4.43. The molecule has 1 aliphatic heterocycles. The Bertz CT molecular complexity index is 943. The molecule has 0 saturated heterocycles. The van der Waals surface area contributed by atoms with Crippen LogP contribution in [0, 0.1) is 13.8 Å². The standard InChI is InChI=1S/C18H18ClF3N4O2/c1-10-6-12(18(20,21)22)7-11(2)16(10)26-8-14(25-5-4-15(19)24-25)17(27)13(23-26)9-28-3/h4-8,23,27H,9H2,1-3H3. The molecule has 1 aromatic carbocycles. The van der Waals surface area contributed by atoms with E-state index in [1.165, 1.54) is 23.0 Å². The minimum Gasteiger partial charge on any atom is -0.504 e. The van der Waals surface area contributed by atoms with E-state index < -0.39 is 11.7 Å². The summed E-state index contributed by atoms with van der Waals surface area (Å²) in [6, 6.07) is 3.71. The number of hydrogen-bond acceptors (Lipinski definition) is 5.